The third kappa shape index (κ3) is 4.66. The van der Waals surface area contributed by atoms with Crippen molar-refractivity contribution >= 4 is 42.4 Å². The van der Waals surface area contributed by atoms with Gasteiger partial charge in [0.2, 0.25) is 5.91 Å². The number of nitrogens with one attached hydrogen (secondary N) is 1. The van der Waals surface area contributed by atoms with Crippen LogP contribution in [0.15, 0.2) is 0 Å². The molecule has 1 saturated heterocycles. The van der Waals surface area contributed by atoms with Crippen LogP contribution in [0.4, 0.5) is 0 Å². The number of carbonyl (C=O) groups excluding carboxylic acids is 1. The molecule has 2 rings (SSSR count). The second-order valence-corrected chi connectivity index (χ2v) is 14.7. The van der Waals surface area contributed by atoms with Gasteiger partial charge in [0, 0.05) is 7.05 Å². The minimum Gasteiger partial charge on any atom is -0.413 e. The van der Waals surface area contributed by atoms with Crippen molar-refractivity contribution < 1.29 is 9.22 Å². The molecule has 0 spiro atoms. The number of thioether (sulfide) groups is 1. The van der Waals surface area contributed by atoms with E-state index in [1.54, 1.807) is 11.7 Å². The van der Waals surface area contributed by atoms with E-state index < -0.39 is 8.32 Å². The summed E-state index contributed by atoms with van der Waals surface area (Å²) in [4.78, 5) is 12.1. The van der Waals surface area contributed by atoms with Crippen molar-refractivity contribution in [2.24, 2.45) is 13.0 Å². The fourth-order valence-corrected chi connectivity index (χ4v) is 5.39. The largest absolute Gasteiger partial charge is 0.413 e. The van der Waals surface area contributed by atoms with E-state index in [9.17, 15) is 4.79 Å². The van der Waals surface area contributed by atoms with E-state index in [0.717, 1.165) is 4.20 Å². The number of amides is 1. The minimum atomic E-state index is -1.92. The summed E-state index contributed by atoms with van der Waals surface area (Å²) in [7, 11) is -0.140. The van der Waals surface area contributed by atoms with E-state index in [4.69, 9.17) is 16.6 Å². The quantitative estimate of drug-likeness (QED) is 0.445. The van der Waals surface area contributed by atoms with Crippen LogP contribution in [0.5, 0.6) is 0 Å². The van der Waals surface area contributed by atoms with Gasteiger partial charge in [-0.25, -0.2) is 4.68 Å². The maximum Gasteiger partial charge on any atom is 0.229 e. The fourth-order valence-electron chi connectivity index (χ4n) is 2.35. The average Bonchev–Trinajstić information content (AvgIpc) is 2.81. The van der Waals surface area contributed by atoms with Crippen LogP contribution in [-0.2, 0) is 22.7 Å². The van der Waals surface area contributed by atoms with Crippen molar-refractivity contribution in [3.63, 3.8) is 0 Å². The molecular formula is C15H27N5O2S2Si. The maximum atomic E-state index is 12.1. The Morgan fingerprint density at radius 1 is 1.48 bits per heavy atom. The van der Waals surface area contributed by atoms with Crippen molar-refractivity contribution in [2.75, 3.05) is 0 Å². The predicted molar refractivity (Wildman–Crippen MR) is 106 cm³/mol. The lowest BCUT2D eigenvalue weighted by Crippen LogP contribution is -2.62. The van der Waals surface area contributed by atoms with E-state index >= 15 is 0 Å². The zero-order valence-electron chi connectivity index (χ0n) is 15.9. The van der Waals surface area contributed by atoms with Crippen molar-refractivity contribution in [3.05, 3.63) is 5.82 Å². The molecule has 10 heteroatoms. The van der Waals surface area contributed by atoms with Crippen LogP contribution >= 0.6 is 24.0 Å². The van der Waals surface area contributed by atoms with Crippen molar-refractivity contribution in [2.45, 2.75) is 63.7 Å². The minimum absolute atomic E-state index is 0.0341. The Labute approximate surface area is 159 Å². The number of β-lactam (4-membered cyclic amide) rings is 1. The molecule has 1 fully saturated rings. The van der Waals surface area contributed by atoms with Gasteiger partial charge in [0.05, 0.1) is 28.0 Å². The molecule has 3 atom stereocenters. The molecule has 1 aromatic heterocycles. The van der Waals surface area contributed by atoms with Gasteiger partial charge < -0.3 is 9.74 Å². The van der Waals surface area contributed by atoms with Crippen LogP contribution in [0, 0.1) is 5.92 Å². The number of thiocarbonyl (C=S) groups is 1. The number of hydrogen-bond donors (Lipinski definition) is 1. The highest BCUT2D eigenvalue weighted by atomic mass is 32.2. The summed E-state index contributed by atoms with van der Waals surface area (Å²) in [6, 6.07) is 0. The number of carbonyl (C=O) groups is 1. The molecule has 2 heterocycles. The number of aryl methyl sites for hydroxylation is 1. The normalized spacial score (nSPS) is 22.3. The Bertz CT molecular complexity index is 659. The van der Waals surface area contributed by atoms with Crippen LogP contribution in [0.25, 0.3) is 0 Å². The number of nitrogens with zero attached hydrogens (tertiary/aromatic N) is 4. The summed E-state index contributed by atoms with van der Waals surface area (Å²) >= 11 is 6.95. The lowest BCUT2D eigenvalue weighted by atomic mass is 9.96. The molecule has 0 radical (unpaired) electrons. The Kier molecular flexibility index (Phi) is 6.07. The van der Waals surface area contributed by atoms with Gasteiger partial charge in [0.1, 0.15) is 0 Å². The van der Waals surface area contributed by atoms with Crippen LogP contribution in [0.3, 0.4) is 0 Å². The Hall–Kier alpha value is -0.843. The second-order valence-electron chi connectivity index (χ2n) is 7.92. The topological polar surface area (TPSA) is 81.9 Å². The summed E-state index contributed by atoms with van der Waals surface area (Å²) in [6.07, 6.45) is 0.367. The smallest absolute Gasteiger partial charge is 0.229 e. The monoisotopic (exact) mass is 401 g/mol. The number of hydrogen-bond acceptors (Lipinski definition) is 7. The fraction of sp³-hybridized carbons (Fsp3) is 0.800. The third-order valence-corrected chi connectivity index (χ3v) is 11.1. The van der Waals surface area contributed by atoms with Crippen LogP contribution in [-0.4, -0.2) is 50.1 Å². The Balaban J connectivity index is 1.95. The molecule has 1 aliphatic rings. The van der Waals surface area contributed by atoms with Gasteiger partial charge >= 0.3 is 0 Å². The Morgan fingerprint density at radius 2 is 2.12 bits per heavy atom. The van der Waals surface area contributed by atoms with Crippen molar-refractivity contribution in [1.29, 1.82) is 0 Å². The summed E-state index contributed by atoms with van der Waals surface area (Å²) in [5, 5.41) is 14.4. The molecule has 0 aliphatic carbocycles. The van der Waals surface area contributed by atoms with E-state index in [2.05, 4.69) is 54.7 Å². The molecule has 0 aromatic carbocycles. The van der Waals surface area contributed by atoms with Gasteiger partial charge in [-0.1, -0.05) is 44.8 Å². The molecule has 1 aromatic rings. The molecule has 1 amide bonds. The Morgan fingerprint density at radius 3 is 2.60 bits per heavy atom. The molecule has 1 N–H and O–H groups in total. The standard InChI is InChI=1S/C15H27N5O2S2Si/c1-9(22-25(6,7)15(2,3)4)12-13(21)16-14(12)24-11(23)8-10-17-18-19-20(10)5/h9,12,14H,8H2,1-7H3,(H,16,21)/t9-,12+,14+/m0/s1. The zero-order chi connectivity index (χ0) is 19.0. The highest BCUT2D eigenvalue weighted by Gasteiger charge is 2.48. The molecular weight excluding hydrogens is 374 g/mol. The second kappa shape index (κ2) is 7.41. The van der Waals surface area contributed by atoms with E-state index in [-0.39, 0.29) is 28.3 Å². The number of rotatable bonds is 6. The highest BCUT2D eigenvalue weighted by Crippen LogP contribution is 2.40. The van der Waals surface area contributed by atoms with E-state index in [0.29, 0.717) is 12.2 Å². The molecule has 1 aliphatic heterocycles. The lowest BCUT2D eigenvalue weighted by Gasteiger charge is -2.45. The van der Waals surface area contributed by atoms with Crippen LogP contribution in [0.2, 0.25) is 18.1 Å². The first-order valence-corrected chi connectivity index (χ1v) is 12.5. The predicted octanol–water partition coefficient (Wildman–Crippen LogP) is 2.30. The van der Waals surface area contributed by atoms with E-state index in [1.165, 1.54) is 11.8 Å². The van der Waals surface area contributed by atoms with Crippen molar-refractivity contribution in [3.8, 4) is 0 Å². The first kappa shape index (κ1) is 20.5. The van der Waals surface area contributed by atoms with Gasteiger partial charge in [-0.2, -0.15) is 0 Å². The van der Waals surface area contributed by atoms with Gasteiger partial charge in [0.15, 0.2) is 14.1 Å². The molecule has 140 valence electrons. The van der Waals surface area contributed by atoms with Gasteiger partial charge in [0.25, 0.3) is 0 Å². The molecule has 25 heavy (non-hydrogen) atoms. The highest BCUT2D eigenvalue weighted by molar-refractivity contribution is 8.23. The first-order chi connectivity index (χ1) is 11.4. The first-order valence-electron chi connectivity index (χ1n) is 8.31. The van der Waals surface area contributed by atoms with Gasteiger partial charge in [-0.3, -0.25) is 4.79 Å². The summed E-state index contributed by atoms with van der Waals surface area (Å²) < 4.78 is 8.76. The van der Waals surface area contributed by atoms with Crippen molar-refractivity contribution in [1.82, 2.24) is 25.5 Å². The lowest BCUT2D eigenvalue weighted by molar-refractivity contribution is -0.136. The zero-order valence-corrected chi connectivity index (χ0v) is 18.5. The molecule has 7 nitrogen and oxygen atoms in total. The summed E-state index contributed by atoms with van der Waals surface area (Å²) in [5.41, 5.74) is 0. The van der Waals surface area contributed by atoms with Gasteiger partial charge in [-0.05, 0) is 35.5 Å². The summed E-state index contributed by atoms with van der Waals surface area (Å²) in [5.74, 6) is 0.562. The molecule has 0 unspecified atom stereocenters. The third-order valence-electron chi connectivity index (χ3n) is 4.97. The van der Waals surface area contributed by atoms with E-state index in [1.807, 2.05) is 6.92 Å². The molecule has 0 saturated carbocycles. The van der Waals surface area contributed by atoms with Gasteiger partial charge in [-0.15, -0.1) is 5.10 Å². The SMILES string of the molecule is C[C@H](O[Si](C)(C)C(C)(C)C)[C@@H]1C(=O)N[C@@H]1SC(=S)Cc1nnnn1C. The number of aromatic nitrogens is 4. The summed E-state index contributed by atoms with van der Waals surface area (Å²) in [6.45, 7) is 13.0. The molecule has 0 bridgehead atoms. The average molecular weight is 402 g/mol. The van der Waals surface area contributed by atoms with Crippen LogP contribution in [0.1, 0.15) is 33.5 Å². The maximum absolute atomic E-state index is 12.1. The number of tetrazole rings is 1. The van der Waals surface area contributed by atoms with Crippen LogP contribution < -0.4 is 5.32 Å².